The van der Waals surface area contributed by atoms with Crippen LogP contribution in [0.2, 0.25) is 0 Å². The van der Waals surface area contributed by atoms with Gasteiger partial charge in [0.05, 0.1) is 25.8 Å². The molecule has 0 unspecified atom stereocenters. The largest absolute Gasteiger partial charge is 0.497 e. The molecule has 0 heterocycles. The highest BCUT2D eigenvalue weighted by Crippen LogP contribution is 2.36. The Morgan fingerprint density at radius 1 is 0.917 bits per heavy atom. The van der Waals surface area contributed by atoms with Gasteiger partial charge in [0.25, 0.3) is 0 Å². The van der Waals surface area contributed by atoms with Crippen molar-refractivity contribution in [2.45, 2.75) is 13.0 Å². The van der Waals surface area contributed by atoms with Gasteiger partial charge in [-0.25, -0.2) is 0 Å². The van der Waals surface area contributed by atoms with Crippen LogP contribution in [0.15, 0.2) is 40.9 Å². The summed E-state index contributed by atoms with van der Waals surface area (Å²) in [7, 11) is 4.96. The molecule has 0 radical (unpaired) electrons. The normalized spacial score (nSPS) is 10.0. The minimum atomic E-state index is 0. The number of ether oxygens (including phenoxy) is 3. The summed E-state index contributed by atoms with van der Waals surface area (Å²) in [5, 5.41) is 3.45. The Labute approximate surface area is 158 Å². The molecule has 6 heteroatoms. The van der Waals surface area contributed by atoms with Crippen molar-refractivity contribution < 1.29 is 14.2 Å². The summed E-state index contributed by atoms with van der Waals surface area (Å²) >= 11 is 3.51. The first-order valence-electron chi connectivity index (χ1n) is 7.42. The maximum absolute atomic E-state index is 5.36. The summed E-state index contributed by atoms with van der Waals surface area (Å²) in [5.41, 5.74) is 2.43. The van der Waals surface area contributed by atoms with Gasteiger partial charge in [0.15, 0.2) is 11.5 Å². The van der Waals surface area contributed by atoms with Gasteiger partial charge in [-0.3, -0.25) is 0 Å². The van der Waals surface area contributed by atoms with Crippen molar-refractivity contribution in [2.24, 2.45) is 0 Å². The first-order valence-corrected chi connectivity index (χ1v) is 8.21. The van der Waals surface area contributed by atoms with E-state index in [1.54, 1.807) is 21.3 Å². The average Bonchev–Trinajstić information content (AvgIpc) is 2.58. The van der Waals surface area contributed by atoms with Gasteiger partial charge in [-0.2, -0.15) is 0 Å². The molecule has 0 aliphatic carbocycles. The molecule has 0 aromatic heterocycles. The molecule has 0 aliphatic rings. The lowest BCUT2D eigenvalue weighted by atomic mass is 10.1. The first-order chi connectivity index (χ1) is 11.2. The highest BCUT2D eigenvalue weighted by atomic mass is 79.9. The van der Waals surface area contributed by atoms with Crippen molar-refractivity contribution in [3.63, 3.8) is 0 Å². The van der Waals surface area contributed by atoms with E-state index >= 15 is 0 Å². The number of halogens is 2. The standard InChI is InChI=1S/C18H22BrNO3.ClH/c1-21-15-6-4-13(5-7-15)8-9-20-12-14-10-16(19)18(23-3)17(11-14)22-2;/h4-7,10-11,20H,8-9,12H2,1-3H3;1H. The molecule has 24 heavy (non-hydrogen) atoms. The Bertz CT molecular complexity index is 635. The van der Waals surface area contributed by atoms with Crippen LogP contribution >= 0.6 is 28.3 Å². The van der Waals surface area contributed by atoms with Gasteiger partial charge in [-0.1, -0.05) is 12.1 Å². The fourth-order valence-corrected chi connectivity index (χ4v) is 2.98. The topological polar surface area (TPSA) is 39.7 Å². The zero-order valence-corrected chi connectivity index (χ0v) is 16.5. The van der Waals surface area contributed by atoms with Gasteiger partial charge in [0.1, 0.15) is 5.75 Å². The van der Waals surface area contributed by atoms with Gasteiger partial charge in [-0.15, -0.1) is 12.4 Å². The Balaban J connectivity index is 0.00000288. The second kappa shape index (κ2) is 10.4. The molecule has 0 aliphatic heterocycles. The minimum absolute atomic E-state index is 0. The van der Waals surface area contributed by atoms with Crippen LogP contribution in [0.3, 0.4) is 0 Å². The second-order valence-corrected chi connectivity index (χ2v) is 5.94. The first kappa shape index (κ1) is 20.6. The Morgan fingerprint density at radius 3 is 2.21 bits per heavy atom. The quantitative estimate of drug-likeness (QED) is 0.654. The molecule has 1 N–H and O–H groups in total. The average molecular weight is 417 g/mol. The third kappa shape index (κ3) is 5.58. The molecular formula is C18H23BrClNO3. The SMILES string of the molecule is COc1ccc(CCNCc2cc(Br)c(OC)c(OC)c2)cc1.Cl. The van der Waals surface area contributed by atoms with E-state index in [2.05, 4.69) is 33.4 Å². The number of rotatable bonds is 8. The molecule has 4 nitrogen and oxygen atoms in total. The predicted octanol–water partition coefficient (Wildman–Crippen LogP) is 4.23. The molecule has 0 saturated heterocycles. The monoisotopic (exact) mass is 415 g/mol. The molecule has 2 aromatic carbocycles. The summed E-state index contributed by atoms with van der Waals surface area (Å²) in [6.45, 7) is 1.67. The molecular weight excluding hydrogens is 394 g/mol. The molecule has 0 fully saturated rings. The second-order valence-electron chi connectivity index (χ2n) is 5.09. The summed E-state index contributed by atoms with van der Waals surface area (Å²) in [6.07, 6.45) is 0.971. The Hall–Kier alpha value is -1.43. The van der Waals surface area contributed by atoms with E-state index in [4.69, 9.17) is 14.2 Å². The van der Waals surface area contributed by atoms with Crippen molar-refractivity contribution in [1.82, 2.24) is 5.32 Å². The van der Waals surface area contributed by atoms with Crippen molar-refractivity contribution >= 4 is 28.3 Å². The van der Waals surface area contributed by atoms with Crippen LogP contribution < -0.4 is 19.5 Å². The van der Waals surface area contributed by atoms with Crippen LogP contribution in [0.1, 0.15) is 11.1 Å². The highest BCUT2D eigenvalue weighted by Gasteiger charge is 2.10. The van der Waals surface area contributed by atoms with E-state index < -0.39 is 0 Å². The van der Waals surface area contributed by atoms with Crippen LogP contribution in [0, 0.1) is 0 Å². The summed E-state index contributed by atoms with van der Waals surface area (Å²) in [6, 6.07) is 12.2. The van der Waals surface area contributed by atoms with Crippen LogP contribution in [-0.2, 0) is 13.0 Å². The summed E-state index contributed by atoms with van der Waals surface area (Å²) in [4.78, 5) is 0. The molecule has 132 valence electrons. The summed E-state index contributed by atoms with van der Waals surface area (Å²) in [5.74, 6) is 2.33. The molecule has 0 bridgehead atoms. The lowest BCUT2D eigenvalue weighted by Crippen LogP contribution is -2.16. The van der Waals surface area contributed by atoms with Crippen molar-refractivity contribution in [3.05, 3.63) is 52.0 Å². The van der Waals surface area contributed by atoms with E-state index in [0.29, 0.717) is 0 Å². The maximum atomic E-state index is 5.36. The highest BCUT2D eigenvalue weighted by molar-refractivity contribution is 9.10. The fourth-order valence-electron chi connectivity index (χ4n) is 2.33. The van der Waals surface area contributed by atoms with Crippen LogP contribution in [-0.4, -0.2) is 27.9 Å². The van der Waals surface area contributed by atoms with Gasteiger partial charge in [0, 0.05) is 6.54 Å². The number of hydrogen-bond acceptors (Lipinski definition) is 4. The molecule has 2 rings (SSSR count). The smallest absolute Gasteiger partial charge is 0.174 e. The molecule has 2 aromatic rings. The lowest BCUT2D eigenvalue weighted by molar-refractivity contribution is 0.352. The minimum Gasteiger partial charge on any atom is -0.497 e. The van der Waals surface area contributed by atoms with Crippen LogP contribution in [0.4, 0.5) is 0 Å². The third-order valence-corrected chi connectivity index (χ3v) is 4.16. The van der Waals surface area contributed by atoms with Crippen molar-refractivity contribution in [3.8, 4) is 17.2 Å². The van der Waals surface area contributed by atoms with E-state index in [0.717, 1.165) is 46.8 Å². The van der Waals surface area contributed by atoms with E-state index in [1.807, 2.05) is 24.3 Å². The molecule has 0 amide bonds. The summed E-state index contributed by atoms with van der Waals surface area (Å²) < 4.78 is 16.7. The molecule has 0 saturated carbocycles. The van der Waals surface area contributed by atoms with Crippen molar-refractivity contribution in [1.29, 1.82) is 0 Å². The van der Waals surface area contributed by atoms with Gasteiger partial charge in [-0.05, 0) is 64.3 Å². The van der Waals surface area contributed by atoms with Gasteiger partial charge in [0.2, 0.25) is 0 Å². The van der Waals surface area contributed by atoms with Gasteiger partial charge >= 0.3 is 0 Å². The zero-order valence-electron chi connectivity index (χ0n) is 14.1. The van der Waals surface area contributed by atoms with Gasteiger partial charge < -0.3 is 19.5 Å². The molecule has 0 atom stereocenters. The third-order valence-electron chi connectivity index (χ3n) is 3.57. The maximum Gasteiger partial charge on any atom is 0.174 e. The number of nitrogens with one attached hydrogen (secondary N) is 1. The van der Waals surface area contributed by atoms with E-state index in [9.17, 15) is 0 Å². The van der Waals surface area contributed by atoms with Crippen molar-refractivity contribution in [2.75, 3.05) is 27.9 Å². The zero-order chi connectivity index (χ0) is 16.7. The van der Waals surface area contributed by atoms with E-state index in [1.165, 1.54) is 5.56 Å². The Morgan fingerprint density at radius 2 is 1.62 bits per heavy atom. The number of hydrogen-bond donors (Lipinski definition) is 1. The number of benzene rings is 2. The number of methoxy groups -OCH3 is 3. The lowest BCUT2D eigenvalue weighted by Gasteiger charge is -2.12. The molecule has 0 spiro atoms. The fraction of sp³-hybridized carbons (Fsp3) is 0.333. The van der Waals surface area contributed by atoms with E-state index in [-0.39, 0.29) is 12.4 Å². The Kier molecular flexibility index (Phi) is 8.97. The van der Waals surface area contributed by atoms with Crippen LogP contribution in [0.5, 0.6) is 17.2 Å². The predicted molar refractivity (Wildman–Crippen MR) is 103 cm³/mol. The van der Waals surface area contributed by atoms with Crippen LogP contribution in [0.25, 0.3) is 0 Å².